The molecule has 1 aromatic heterocycles. The third kappa shape index (κ3) is 3.98. The average molecular weight is 432 g/mol. The van der Waals surface area contributed by atoms with Crippen LogP contribution >= 0.6 is 0 Å². The van der Waals surface area contributed by atoms with E-state index in [0.29, 0.717) is 5.75 Å². The zero-order chi connectivity index (χ0) is 22.1. The number of rotatable bonds is 7. The van der Waals surface area contributed by atoms with Crippen molar-refractivity contribution in [1.29, 1.82) is 0 Å². The van der Waals surface area contributed by atoms with Gasteiger partial charge in [-0.2, -0.15) is 0 Å². The molecule has 30 heavy (non-hydrogen) atoms. The van der Waals surface area contributed by atoms with Gasteiger partial charge in [0.15, 0.2) is 0 Å². The first-order valence-electron chi connectivity index (χ1n) is 9.45. The van der Waals surface area contributed by atoms with Crippen molar-refractivity contribution in [3.63, 3.8) is 0 Å². The third-order valence-electron chi connectivity index (χ3n) is 5.08. The monoisotopic (exact) mass is 431 g/mol. The second-order valence-electron chi connectivity index (χ2n) is 7.13. The van der Waals surface area contributed by atoms with Crippen molar-refractivity contribution < 1.29 is 17.5 Å². The lowest BCUT2D eigenvalue weighted by atomic mass is 10.0. The van der Waals surface area contributed by atoms with Crippen LogP contribution in [-0.2, 0) is 16.6 Å². The van der Waals surface area contributed by atoms with Crippen LogP contribution in [-0.4, -0.2) is 45.0 Å². The van der Waals surface area contributed by atoms with E-state index in [1.807, 2.05) is 35.8 Å². The molecule has 0 spiro atoms. The van der Waals surface area contributed by atoms with Gasteiger partial charge in [-0.1, -0.05) is 12.1 Å². The predicted molar refractivity (Wildman–Crippen MR) is 118 cm³/mol. The van der Waals surface area contributed by atoms with E-state index >= 15 is 0 Å². The molecule has 0 aliphatic rings. The van der Waals surface area contributed by atoms with E-state index in [0.717, 1.165) is 27.7 Å². The minimum atomic E-state index is -3.59. The molecule has 2 aromatic carbocycles. The number of ether oxygens (including phenoxy) is 1. The molecule has 160 valence electrons. The fourth-order valence-corrected chi connectivity index (χ4v) is 4.47. The second kappa shape index (κ2) is 8.59. The van der Waals surface area contributed by atoms with Crippen LogP contribution in [0.25, 0.3) is 22.0 Å². The van der Waals surface area contributed by atoms with E-state index in [1.165, 1.54) is 24.5 Å². The summed E-state index contributed by atoms with van der Waals surface area (Å²) in [7, 11) is 0.988. The largest absolute Gasteiger partial charge is 0.497 e. The van der Waals surface area contributed by atoms with Crippen molar-refractivity contribution in [3.05, 3.63) is 60.1 Å². The van der Waals surface area contributed by atoms with E-state index in [9.17, 15) is 12.8 Å². The number of aromatic nitrogens is 1. The first-order chi connectivity index (χ1) is 14.2. The number of fused-ring (bicyclic) bond motifs is 1. The summed E-state index contributed by atoms with van der Waals surface area (Å²) in [4.78, 5) is 0.197. The van der Waals surface area contributed by atoms with Gasteiger partial charge in [-0.15, -0.1) is 0 Å². The molecule has 0 radical (unpaired) electrons. The molecule has 0 atom stereocenters. The fourth-order valence-electron chi connectivity index (χ4n) is 3.52. The zero-order valence-corrected chi connectivity index (χ0v) is 18.3. The summed E-state index contributed by atoms with van der Waals surface area (Å²) >= 11 is 0. The number of halogens is 1. The molecule has 0 unspecified atom stereocenters. The highest BCUT2D eigenvalue weighted by atomic mass is 32.2. The number of sulfonamides is 1. The first-order valence-corrected chi connectivity index (χ1v) is 10.9. The number of hydrogen-bond donors (Lipinski definition) is 1. The van der Waals surface area contributed by atoms with Gasteiger partial charge in [-0.25, -0.2) is 17.1 Å². The van der Waals surface area contributed by atoms with Gasteiger partial charge >= 0.3 is 0 Å². The maximum Gasteiger partial charge on any atom is 0.242 e. The van der Waals surface area contributed by atoms with Crippen molar-refractivity contribution >= 4 is 20.9 Å². The van der Waals surface area contributed by atoms with Crippen LogP contribution in [0.5, 0.6) is 5.75 Å². The topological polar surface area (TPSA) is 77.6 Å². The van der Waals surface area contributed by atoms with Crippen LogP contribution in [0.2, 0.25) is 0 Å². The highest BCUT2D eigenvalue weighted by Gasteiger charge is 2.21. The molecule has 0 bridgehead atoms. The molecule has 0 aliphatic heterocycles. The van der Waals surface area contributed by atoms with Gasteiger partial charge < -0.3 is 15.0 Å². The van der Waals surface area contributed by atoms with Crippen LogP contribution in [0.1, 0.15) is 5.69 Å². The van der Waals surface area contributed by atoms with Crippen molar-refractivity contribution in [2.45, 2.75) is 18.4 Å². The first kappa shape index (κ1) is 22.0. The Morgan fingerprint density at radius 2 is 1.97 bits per heavy atom. The predicted octanol–water partition coefficient (Wildman–Crippen LogP) is 3.69. The molecule has 8 heteroatoms. The summed E-state index contributed by atoms with van der Waals surface area (Å²) in [6.07, 6.45) is 1.35. The Kier molecular flexibility index (Phi) is 6.30. The normalized spacial score (nSPS) is 12.7. The lowest BCUT2D eigenvalue weighted by Crippen LogP contribution is -2.22. The number of nitrogens with two attached hydrogens (primary N) is 1. The Labute approximate surface area is 176 Å². The van der Waals surface area contributed by atoms with Gasteiger partial charge in [0.25, 0.3) is 0 Å². The van der Waals surface area contributed by atoms with E-state index in [1.54, 1.807) is 25.3 Å². The van der Waals surface area contributed by atoms with Gasteiger partial charge in [0.05, 0.1) is 18.6 Å². The van der Waals surface area contributed by atoms with Crippen LogP contribution in [0, 0.1) is 6.92 Å². The van der Waals surface area contributed by atoms with E-state index in [-0.39, 0.29) is 23.8 Å². The van der Waals surface area contributed by atoms with Crippen molar-refractivity contribution in [2.75, 3.05) is 27.7 Å². The van der Waals surface area contributed by atoms with E-state index in [2.05, 4.69) is 0 Å². The molecule has 3 rings (SSSR count). The maximum atomic E-state index is 14.3. The highest BCUT2D eigenvalue weighted by Crippen LogP contribution is 2.38. The number of nitrogens with zero attached hydrogens (tertiary/aromatic N) is 2. The average Bonchev–Trinajstić information content (AvgIpc) is 2.98. The molecule has 6 nitrogen and oxygen atoms in total. The summed E-state index contributed by atoms with van der Waals surface area (Å²) in [5, 5.41) is 0.854. The third-order valence-corrected chi connectivity index (χ3v) is 6.89. The number of methoxy groups -OCH3 is 1. The Bertz CT molecular complexity index is 1210. The Hall–Kier alpha value is -2.68. The van der Waals surface area contributed by atoms with Crippen LogP contribution < -0.4 is 10.5 Å². The molecule has 1 heterocycles. The SMILES string of the molecule is COc1ccc2c(c1)c(-c1cccc(S(=O)(=O)N(C)C)c1)c(C)n2CC(F)=CCN. The summed E-state index contributed by atoms with van der Waals surface area (Å²) in [6, 6.07) is 12.4. The molecular weight excluding hydrogens is 405 g/mol. The quantitative estimate of drug-likeness (QED) is 0.619. The van der Waals surface area contributed by atoms with Gasteiger partial charge in [-0.05, 0) is 48.9 Å². The lowest BCUT2D eigenvalue weighted by molar-refractivity contribution is 0.415. The summed E-state index contributed by atoms with van der Waals surface area (Å²) < 4.78 is 48.0. The Morgan fingerprint density at radius 3 is 2.60 bits per heavy atom. The number of allylic oxidation sites excluding steroid dienone is 1. The maximum absolute atomic E-state index is 14.3. The molecular formula is C22H26FN3O3S. The van der Waals surface area contributed by atoms with Crippen LogP contribution in [0.4, 0.5) is 4.39 Å². The summed E-state index contributed by atoms with van der Waals surface area (Å²) in [6.45, 7) is 2.06. The molecule has 0 amide bonds. The number of hydrogen-bond acceptors (Lipinski definition) is 4. The van der Waals surface area contributed by atoms with Crippen molar-refractivity contribution in [2.24, 2.45) is 5.73 Å². The van der Waals surface area contributed by atoms with Crippen LogP contribution in [0.15, 0.2) is 59.3 Å². The zero-order valence-electron chi connectivity index (χ0n) is 17.5. The molecule has 0 saturated heterocycles. The molecule has 0 aliphatic carbocycles. The Morgan fingerprint density at radius 1 is 1.23 bits per heavy atom. The molecule has 3 aromatic rings. The molecule has 2 N–H and O–H groups in total. The fraction of sp³-hybridized carbons (Fsp3) is 0.273. The van der Waals surface area contributed by atoms with E-state index < -0.39 is 10.0 Å². The Balaban J connectivity index is 2.28. The van der Waals surface area contributed by atoms with E-state index in [4.69, 9.17) is 10.5 Å². The van der Waals surface area contributed by atoms with Gasteiger partial charge in [0, 0.05) is 42.8 Å². The standard InChI is InChI=1S/C22H26FN3O3S/c1-15-22(16-6-5-7-19(12-16)30(27,28)25(2)3)20-13-18(29-4)8-9-21(20)26(15)14-17(23)10-11-24/h5-10,12-13H,11,14,24H2,1-4H3. The molecule has 0 fully saturated rings. The van der Waals surface area contributed by atoms with Crippen molar-refractivity contribution in [1.82, 2.24) is 8.87 Å². The van der Waals surface area contributed by atoms with Gasteiger partial charge in [0.2, 0.25) is 10.0 Å². The summed E-state index contributed by atoms with van der Waals surface area (Å²) in [5.74, 6) is 0.333. The number of benzene rings is 2. The van der Waals surface area contributed by atoms with Gasteiger partial charge in [-0.3, -0.25) is 0 Å². The van der Waals surface area contributed by atoms with Crippen molar-refractivity contribution in [3.8, 4) is 16.9 Å². The minimum absolute atomic E-state index is 0.0432. The summed E-state index contributed by atoms with van der Waals surface area (Å²) in [5.41, 5.74) is 8.65. The van der Waals surface area contributed by atoms with Crippen LogP contribution in [0.3, 0.4) is 0 Å². The second-order valence-corrected chi connectivity index (χ2v) is 9.28. The van der Waals surface area contributed by atoms with Gasteiger partial charge in [0.1, 0.15) is 11.6 Å². The highest BCUT2D eigenvalue weighted by molar-refractivity contribution is 7.89. The lowest BCUT2D eigenvalue weighted by Gasteiger charge is -2.13. The minimum Gasteiger partial charge on any atom is -0.497 e. The molecule has 0 saturated carbocycles. The smallest absolute Gasteiger partial charge is 0.242 e.